The molecule has 0 unspecified atom stereocenters. The average molecular weight is 194 g/mol. The van der Waals surface area contributed by atoms with Crippen molar-refractivity contribution in [3.8, 4) is 0 Å². The van der Waals surface area contributed by atoms with Crippen LogP contribution >= 0.6 is 0 Å². The molecule has 2 rings (SSSR count). The number of nitrogens with zero attached hydrogens (tertiary/aromatic N) is 1. The third-order valence-electron chi connectivity index (χ3n) is 2.57. The first-order valence-corrected chi connectivity index (χ1v) is 4.96. The van der Waals surface area contributed by atoms with Crippen molar-refractivity contribution in [3.05, 3.63) is 29.6 Å². The average Bonchev–Trinajstić information content (AvgIpc) is 2.49. The Hall–Kier alpha value is -1.09. The van der Waals surface area contributed by atoms with Crippen molar-refractivity contribution in [2.45, 2.75) is 19.4 Å². The Kier molecular flexibility index (Phi) is 2.42. The Bertz CT molecular complexity index is 336. The maximum absolute atomic E-state index is 13.3. The van der Waals surface area contributed by atoms with Crippen molar-refractivity contribution in [2.75, 3.05) is 18.0 Å². The molecular weight excluding hydrogens is 179 g/mol. The smallest absolute Gasteiger partial charge is 0.128 e. The van der Waals surface area contributed by atoms with Gasteiger partial charge in [0.2, 0.25) is 0 Å². The van der Waals surface area contributed by atoms with Gasteiger partial charge in [-0.1, -0.05) is 6.07 Å². The molecule has 14 heavy (non-hydrogen) atoms. The zero-order chi connectivity index (χ0) is 10.1. The predicted molar refractivity (Wildman–Crippen MR) is 56.0 cm³/mol. The van der Waals surface area contributed by atoms with Crippen LogP contribution in [0.4, 0.5) is 10.1 Å². The molecule has 76 valence electrons. The maximum atomic E-state index is 13.3. The molecule has 0 aromatic heterocycles. The highest BCUT2D eigenvalue weighted by molar-refractivity contribution is 5.58. The van der Waals surface area contributed by atoms with E-state index < -0.39 is 0 Å². The number of halogens is 1. The summed E-state index contributed by atoms with van der Waals surface area (Å²) in [6, 6.07) is 5.37. The van der Waals surface area contributed by atoms with Gasteiger partial charge < -0.3 is 10.6 Å². The number of fused-ring (bicyclic) bond motifs is 1. The minimum atomic E-state index is -0.0883. The van der Waals surface area contributed by atoms with E-state index in [1.807, 2.05) is 13.0 Å². The standard InChI is InChI=1S/C11H15FN2/c1-8(13)7-14-6-5-9-10(12)3-2-4-11(9)14/h2-4,8H,5-7,13H2,1H3/t8-/m0/s1. The van der Waals surface area contributed by atoms with E-state index in [2.05, 4.69) is 4.90 Å². The van der Waals surface area contributed by atoms with Gasteiger partial charge in [0.25, 0.3) is 0 Å². The summed E-state index contributed by atoms with van der Waals surface area (Å²) in [6.07, 6.45) is 0.800. The number of hydrogen-bond donors (Lipinski definition) is 1. The van der Waals surface area contributed by atoms with Gasteiger partial charge in [-0.15, -0.1) is 0 Å². The molecule has 0 bridgehead atoms. The lowest BCUT2D eigenvalue weighted by molar-refractivity contribution is 0.615. The Morgan fingerprint density at radius 2 is 2.36 bits per heavy atom. The topological polar surface area (TPSA) is 29.3 Å². The quantitative estimate of drug-likeness (QED) is 0.773. The molecule has 1 aromatic rings. The summed E-state index contributed by atoms with van der Waals surface area (Å²) in [5, 5.41) is 0. The van der Waals surface area contributed by atoms with Crippen LogP contribution in [0.2, 0.25) is 0 Å². The van der Waals surface area contributed by atoms with Gasteiger partial charge in [0.1, 0.15) is 5.82 Å². The van der Waals surface area contributed by atoms with Crippen LogP contribution < -0.4 is 10.6 Å². The van der Waals surface area contributed by atoms with Crippen LogP contribution in [0.15, 0.2) is 18.2 Å². The van der Waals surface area contributed by atoms with Crippen molar-refractivity contribution >= 4 is 5.69 Å². The van der Waals surface area contributed by atoms with Crippen LogP contribution in [0.5, 0.6) is 0 Å². The number of hydrogen-bond acceptors (Lipinski definition) is 2. The Morgan fingerprint density at radius 3 is 3.07 bits per heavy atom. The molecule has 2 nitrogen and oxygen atoms in total. The lowest BCUT2D eigenvalue weighted by Gasteiger charge is -2.21. The molecule has 0 saturated heterocycles. The highest BCUT2D eigenvalue weighted by Crippen LogP contribution is 2.29. The molecule has 0 radical (unpaired) electrons. The molecule has 1 aliphatic heterocycles. The monoisotopic (exact) mass is 194 g/mol. The lowest BCUT2D eigenvalue weighted by atomic mass is 10.1. The molecule has 3 heteroatoms. The van der Waals surface area contributed by atoms with E-state index in [-0.39, 0.29) is 11.9 Å². The van der Waals surface area contributed by atoms with E-state index in [1.54, 1.807) is 6.07 Å². The van der Waals surface area contributed by atoms with Gasteiger partial charge in [-0.2, -0.15) is 0 Å². The number of anilines is 1. The Labute approximate surface area is 83.5 Å². The first kappa shape index (κ1) is 9.46. The van der Waals surface area contributed by atoms with E-state index in [9.17, 15) is 4.39 Å². The van der Waals surface area contributed by atoms with Crippen LogP contribution in [-0.4, -0.2) is 19.1 Å². The van der Waals surface area contributed by atoms with E-state index in [4.69, 9.17) is 5.73 Å². The predicted octanol–water partition coefficient (Wildman–Crippen LogP) is 1.54. The molecule has 1 atom stereocenters. The summed E-state index contributed by atoms with van der Waals surface area (Å²) < 4.78 is 13.3. The molecular formula is C11H15FN2. The summed E-state index contributed by atoms with van der Waals surface area (Å²) in [4.78, 5) is 2.16. The van der Waals surface area contributed by atoms with E-state index >= 15 is 0 Å². The van der Waals surface area contributed by atoms with Crippen LogP contribution in [0, 0.1) is 5.82 Å². The highest BCUT2D eigenvalue weighted by atomic mass is 19.1. The Balaban J connectivity index is 2.26. The van der Waals surface area contributed by atoms with E-state index in [0.717, 1.165) is 30.8 Å². The van der Waals surface area contributed by atoms with Gasteiger partial charge in [0.15, 0.2) is 0 Å². The van der Waals surface area contributed by atoms with Gasteiger partial charge in [-0.25, -0.2) is 4.39 Å². The third kappa shape index (κ3) is 1.60. The largest absolute Gasteiger partial charge is 0.369 e. The van der Waals surface area contributed by atoms with Crippen molar-refractivity contribution < 1.29 is 4.39 Å². The molecule has 0 aliphatic carbocycles. The van der Waals surface area contributed by atoms with E-state index in [1.165, 1.54) is 6.07 Å². The van der Waals surface area contributed by atoms with Gasteiger partial charge in [0, 0.05) is 30.4 Å². The fourth-order valence-electron chi connectivity index (χ4n) is 2.00. The van der Waals surface area contributed by atoms with Crippen molar-refractivity contribution in [3.63, 3.8) is 0 Å². The number of rotatable bonds is 2. The summed E-state index contributed by atoms with van der Waals surface area (Å²) in [5.41, 5.74) is 7.59. The number of benzene rings is 1. The summed E-state index contributed by atoms with van der Waals surface area (Å²) in [6.45, 7) is 3.66. The maximum Gasteiger partial charge on any atom is 0.128 e. The van der Waals surface area contributed by atoms with Crippen LogP contribution in [-0.2, 0) is 6.42 Å². The molecule has 0 amide bonds. The normalized spacial score (nSPS) is 16.9. The summed E-state index contributed by atoms with van der Waals surface area (Å²) in [5.74, 6) is -0.0883. The fraction of sp³-hybridized carbons (Fsp3) is 0.455. The van der Waals surface area contributed by atoms with Gasteiger partial charge in [-0.3, -0.25) is 0 Å². The molecule has 1 heterocycles. The number of nitrogens with two attached hydrogens (primary N) is 1. The molecule has 1 aromatic carbocycles. The summed E-state index contributed by atoms with van der Waals surface area (Å²) in [7, 11) is 0. The molecule has 0 saturated carbocycles. The Morgan fingerprint density at radius 1 is 1.57 bits per heavy atom. The second kappa shape index (κ2) is 3.58. The van der Waals surface area contributed by atoms with Gasteiger partial charge in [-0.05, 0) is 25.5 Å². The minimum Gasteiger partial charge on any atom is -0.369 e. The third-order valence-corrected chi connectivity index (χ3v) is 2.57. The van der Waals surface area contributed by atoms with E-state index in [0.29, 0.717) is 0 Å². The zero-order valence-electron chi connectivity index (χ0n) is 8.33. The molecule has 1 aliphatic rings. The fourth-order valence-corrected chi connectivity index (χ4v) is 2.00. The second-order valence-electron chi connectivity index (χ2n) is 3.91. The molecule has 0 spiro atoms. The molecule has 2 N–H and O–H groups in total. The van der Waals surface area contributed by atoms with Crippen LogP contribution in [0.25, 0.3) is 0 Å². The SMILES string of the molecule is C[C@H](N)CN1CCc2c(F)cccc21. The second-order valence-corrected chi connectivity index (χ2v) is 3.91. The first-order valence-electron chi connectivity index (χ1n) is 4.96. The van der Waals surface area contributed by atoms with Crippen LogP contribution in [0.3, 0.4) is 0 Å². The van der Waals surface area contributed by atoms with Crippen molar-refractivity contribution in [1.82, 2.24) is 0 Å². The highest BCUT2D eigenvalue weighted by Gasteiger charge is 2.21. The van der Waals surface area contributed by atoms with Crippen molar-refractivity contribution in [1.29, 1.82) is 0 Å². The van der Waals surface area contributed by atoms with Gasteiger partial charge >= 0.3 is 0 Å². The van der Waals surface area contributed by atoms with Crippen LogP contribution in [0.1, 0.15) is 12.5 Å². The molecule has 0 fully saturated rings. The zero-order valence-corrected chi connectivity index (χ0v) is 8.33. The van der Waals surface area contributed by atoms with Gasteiger partial charge in [0.05, 0.1) is 0 Å². The lowest BCUT2D eigenvalue weighted by Crippen LogP contribution is -2.34. The first-order chi connectivity index (χ1) is 6.68. The summed E-state index contributed by atoms with van der Waals surface area (Å²) >= 11 is 0. The minimum absolute atomic E-state index is 0.0883. The van der Waals surface area contributed by atoms with Crippen molar-refractivity contribution in [2.24, 2.45) is 5.73 Å².